The molecule has 1 heterocycles. The molecule has 0 aromatic heterocycles. The van der Waals surface area contributed by atoms with Crippen LogP contribution in [-0.2, 0) is 20.0 Å². The summed E-state index contributed by atoms with van der Waals surface area (Å²) in [5.41, 5.74) is 1.49. The fourth-order valence-electron chi connectivity index (χ4n) is 5.71. The van der Waals surface area contributed by atoms with Crippen LogP contribution in [0, 0.1) is 12.8 Å². The van der Waals surface area contributed by atoms with Gasteiger partial charge in [-0.25, -0.2) is 16.8 Å². The summed E-state index contributed by atoms with van der Waals surface area (Å²) < 4.78 is 57.6. The van der Waals surface area contributed by atoms with Crippen molar-refractivity contribution in [3.8, 4) is 5.75 Å². The molecule has 1 aliphatic heterocycles. The van der Waals surface area contributed by atoms with Gasteiger partial charge in [0.2, 0.25) is 20.0 Å². The van der Waals surface area contributed by atoms with Gasteiger partial charge in [-0.15, -0.1) is 12.4 Å². The average Bonchev–Trinajstić information content (AvgIpc) is 2.92. The molecule has 0 radical (unpaired) electrons. The number of hydrogen-bond donors (Lipinski definition) is 1. The van der Waals surface area contributed by atoms with E-state index in [1.54, 1.807) is 24.3 Å². The molecular weight excluding hydrogens is 582 g/mol. The fraction of sp³-hybridized carbons (Fsp3) is 0.533. The third kappa shape index (κ3) is 9.02. The summed E-state index contributed by atoms with van der Waals surface area (Å²) >= 11 is 0. The maximum atomic E-state index is 13.7. The van der Waals surface area contributed by atoms with Gasteiger partial charge in [0.1, 0.15) is 5.75 Å². The van der Waals surface area contributed by atoms with Gasteiger partial charge in [0.25, 0.3) is 0 Å². The second kappa shape index (κ2) is 15.0. The fourth-order valence-corrected chi connectivity index (χ4v) is 8.71. The highest BCUT2D eigenvalue weighted by atomic mass is 35.5. The highest BCUT2D eigenvalue weighted by molar-refractivity contribution is 7.89. The lowest BCUT2D eigenvalue weighted by Crippen LogP contribution is -2.42. The van der Waals surface area contributed by atoms with Gasteiger partial charge in [0, 0.05) is 32.7 Å². The molecule has 228 valence electrons. The van der Waals surface area contributed by atoms with E-state index in [1.165, 1.54) is 65.0 Å². The number of sulfonamides is 2. The largest absolute Gasteiger partial charge is 0.508 e. The molecule has 41 heavy (non-hydrogen) atoms. The molecule has 1 saturated carbocycles. The molecule has 8 nitrogen and oxygen atoms in total. The third-order valence-electron chi connectivity index (χ3n) is 7.94. The van der Waals surface area contributed by atoms with Gasteiger partial charge in [-0.2, -0.15) is 8.61 Å². The molecule has 2 aliphatic rings. The molecule has 2 fully saturated rings. The number of phenols is 1. The van der Waals surface area contributed by atoms with Gasteiger partial charge in [-0.05, 0) is 93.6 Å². The number of nitrogens with zero attached hydrogens (tertiary/aromatic N) is 3. The normalized spacial score (nSPS) is 20.1. The van der Waals surface area contributed by atoms with Crippen molar-refractivity contribution in [3.05, 3.63) is 66.2 Å². The van der Waals surface area contributed by atoms with Gasteiger partial charge < -0.3 is 10.0 Å². The smallest absolute Gasteiger partial charge is 0.243 e. The zero-order valence-electron chi connectivity index (χ0n) is 23.9. The number of halogens is 1. The van der Waals surface area contributed by atoms with E-state index in [4.69, 9.17) is 0 Å². The predicted octanol–water partition coefficient (Wildman–Crippen LogP) is 5.04. The SMILES string of the molecule is C=C1CN(S(=O)(=O)c2ccc(C)cc2)CCCN(CC2CCCCC2)CCCN(S(=O)(=O)c2ccc(O)cc2)C1.Cl. The van der Waals surface area contributed by atoms with Crippen molar-refractivity contribution in [3.63, 3.8) is 0 Å². The van der Waals surface area contributed by atoms with Crippen molar-refractivity contribution in [2.75, 3.05) is 45.8 Å². The lowest BCUT2D eigenvalue weighted by molar-refractivity contribution is 0.188. The Morgan fingerprint density at radius 1 is 0.732 bits per heavy atom. The summed E-state index contributed by atoms with van der Waals surface area (Å²) in [5.74, 6) is 0.623. The second-order valence-electron chi connectivity index (χ2n) is 11.2. The summed E-state index contributed by atoms with van der Waals surface area (Å²) in [7, 11) is -7.68. The van der Waals surface area contributed by atoms with Gasteiger partial charge in [0.15, 0.2) is 0 Å². The second-order valence-corrected chi connectivity index (χ2v) is 15.1. The van der Waals surface area contributed by atoms with Crippen molar-refractivity contribution in [2.24, 2.45) is 5.92 Å². The Labute approximate surface area is 252 Å². The first-order valence-electron chi connectivity index (χ1n) is 14.3. The van der Waals surface area contributed by atoms with Crippen molar-refractivity contribution in [1.29, 1.82) is 0 Å². The third-order valence-corrected chi connectivity index (χ3v) is 11.7. The van der Waals surface area contributed by atoms with Crippen LogP contribution in [0.4, 0.5) is 0 Å². The van der Waals surface area contributed by atoms with Crippen molar-refractivity contribution < 1.29 is 21.9 Å². The highest BCUT2D eigenvalue weighted by Gasteiger charge is 2.30. The molecule has 0 atom stereocenters. The molecule has 11 heteroatoms. The maximum absolute atomic E-state index is 13.7. The Morgan fingerprint density at radius 3 is 1.68 bits per heavy atom. The summed E-state index contributed by atoms with van der Waals surface area (Å²) in [5, 5.41) is 9.67. The van der Waals surface area contributed by atoms with Crippen LogP contribution in [0.3, 0.4) is 0 Å². The van der Waals surface area contributed by atoms with Gasteiger partial charge >= 0.3 is 0 Å². The van der Waals surface area contributed by atoms with E-state index in [-0.39, 0.29) is 41.0 Å². The summed E-state index contributed by atoms with van der Waals surface area (Å²) in [4.78, 5) is 2.72. The molecule has 1 aliphatic carbocycles. The molecular formula is C30H44ClN3O5S2. The molecule has 2 aromatic carbocycles. The van der Waals surface area contributed by atoms with Gasteiger partial charge in [-0.3, -0.25) is 0 Å². The lowest BCUT2D eigenvalue weighted by Gasteiger charge is -2.33. The summed E-state index contributed by atoms with van der Waals surface area (Å²) in [6.07, 6.45) is 7.58. The monoisotopic (exact) mass is 625 g/mol. The van der Waals surface area contributed by atoms with Gasteiger partial charge in [0.05, 0.1) is 9.79 Å². The molecule has 0 spiro atoms. The molecule has 0 amide bonds. The summed E-state index contributed by atoms with van der Waals surface area (Å²) in [6, 6.07) is 12.3. The van der Waals surface area contributed by atoms with Crippen LogP contribution in [0.2, 0.25) is 0 Å². The van der Waals surface area contributed by atoms with Crippen LogP contribution in [0.15, 0.2) is 70.5 Å². The average molecular weight is 626 g/mol. The number of aromatic hydroxyl groups is 1. The Bertz CT molecular complexity index is 1250. The Morgan fingerprint density at radius 2 is 1.20 bits per heavy atom. The minimum Gasteiger partial charge on any atom is -0.508 e. The molecule has 4 rings (SSSR count). The van der Waals surface area contributed by atoms with E-state index in [0.717, 1.165) is 25.2 Å². The number of hydrogen-bond acceptors (Lipinski definition) is 6. The highest BCUT2D eigenvalue weighted by Crippen LogP contribution is 2.26. The van der Waals surface area contributed by atoms with Crippen LogP contribution in [0.5, 0.6) is 5.75 Å². The first-order chi connectivity index (χ1) is 19.1. The Balaban J connectivity index is 0.00000462. The van der Waals surface area contributed by atoms with E-state index in [1.807, 2.05) is 6.92 Å². The van der Waals surface area contributed by atoms with Crippen LogP contribution >= 0.6 is 12.4 Å². The van der Waals surface area contributed by atoms with Crippen LogP contribution in [0.25, 0.3) is 0 Å². The quantitative estimate of drug-likeness (QED) is 0.452. The van der Waals surface area contributed by atoms with E-state index in [2.05, 4.69) is 11.5 Å². The standard InChI is InChI=1S/C30H43N3O5S2.ClH/c1-25-10-14-29(15-11-25)39(35,36)32-20-6-18-31(24-27-8-4-3-5-9-27)19-7-21-33(23-26(2)22-32)40(37,38)30-16-12-28(34)13-17-30;/h10-17,27,34H,2-9,18-24H2,1H3;1H. The molecule has 1 saturated heterocycles. The number of benzene rings is 2. The zero-order valence-corrected chi connectivity index (χ0v) is 26.4. The predicted molar refractivity (Wildman–Crippen MR) is 165 cm³/mol. The molecule has 1 N–H and O–H groups in total. The van der Waals surface area contributed by atoms with E-state index < -0.39 is 20.0 Å². The van der Waals surface area contributed by atoms with Crippen LogP contribution < -0.4 is 0 Å². The molecule has 0 bridgehead atoms. The van der Waals surface area contributed by atoms with Crippen molar-refractivity contribution >= 4 is 32.5 Å². The van der Waals surface area contributed by atoms with Crippen LogP contribution in [0.1, 0.15) is 50.5 Å². The number of aryl methyl sites for hydroxylation is 1. The zero-order chi connectivity index (χ0) is 28.8. The Hall–Kier alpha value is -1.95. The van der Waals surface area contributed by atoms with Gasteiger partial charge in [-0.1, -0.05) is 43.5 Å². The van der Waals surface area contributed by atoms with Crippen LogP contribution in [-0.4, -0.2) is 81.3 Å². The number of rotatable bonds is 6. The number of phenolic OH excluding ortho intramolecular Hbond substituents is 1. The first kappa shape index (κ1) is 33.6. The van der Waals surface area contributed by atoms with E-state index in [0.29, 0.717) is 37.4 Å². The topological polar surface area (TPSA) is 98.2 Å². The molecule has 2 aromatic rings. The molecule has 0 unspecified atom stereocenters. The maximum Gasteiger partial charge on any atom is 0.243 e. The first-order valence-corrected chi connectivity index (χ1v) is 17.2. The van der Waals surface area contributed by atoms with E-state index >= 15 is 0 Å². The summed E-state index contributed by atoms with van der Waals surface area (Å²) in [6.45, 7) is 9.19. The minimum atomic E-state index is -3.88. The Kier molecular flexibility index (Phi) is 12.3. The minimum absolute atomic E-state index is 0. The van der Waals surface area contributed by atoms with Crippen molar-refractivity contribution in [1.82, 2.24) is 13.5 Å². The van der Waals surface area contributed by atoms with Crippen molar-refractivity contribution in [2.45, 2.75) is 61.7 Å². The lowest BCUT2D eigenvalue weighted by atomic mass is 9.89. The van der Waals surface area contributed by atoms with E-state index in [9.17, 15) is 21.9 Å².